The maximum atomic E-state index is 6.00. The fourth-order valence-corrected chi connectivity index (χ4v) is 3.23. The number of rotatable bonds is 4. The van der Waals surface area contributed by atoms with Gasteiger partial charge in [-0.15, -0.1) is 0 Å². The molecule has 2 rings (SSSR count). The van der Waals surface area contributed by atoms with E-state index in [4.69, 9.17) is 10.5 Å². The van der Waals surface area contributed by atoms with Gasteiger partial charge in [-0.2, -0.15) is 0 Å². The van der Waals surface area contributed by atoms with Gasteiger partial charge in [0.2, 0.25) is 0 Å². The van der Waals surface area contributed by atoms with Crippen LogP contribution in [-0.2, 0) is 4.74 Å². The van der Waals surface area contributed by atoms with E-state index >= 15 is 0 Å². The molecule has 1 saturated carbocycles. The zero-order valence-electron chi connectivity index (χ0n) is 10.6. The second-order valence-electron chi connectivity index (χ2n) is 5.67. The highest BCUT2D eigenvalue weighted by Gasteiger charge is 2.34. The molecule has 3 nitrogen and oxygen atoms in total. The van der Waals surface area contributed by atoms with Crippen LogP contribution in [0, 0.1) is 5.41 Å². The van der Waals surface area contributed by atoms with E-state index in [1.54, 1.807) is 0 Å². The molecule has 1 saturated heterocycles. The maximum Gasteiger partial charge on any atom is 0.0472 e. The van der Waals surface area contributed by atoms with E-state index in [0.717, 1.165) is 45.2 Å². The molecule has 2 fully saturated rings. The van der Waals surface area contributed by atoms with Gasteiger partial charge in [0.15, 0.2) is 0 Å². The highest BCUT2D eigenvalue weighted by molar-refractivity contribution is 4.88. The fraction of sp³-hybridized carbons (Fsp3) is 1.00. The summed E-state index contributed by atoms with van der Waals surface area (Å²) in [7, 11) is 2.28. The zero-order valence-corrected chi connectivity index (χ0v) is 10.6. The van der Waals surface area contributed by atoms with Crippen LogP contribution in [0.3, 0.4) is 0 Å². The summed E-state index contributed by atoms with van der Waals surface area (Å²) in [6.45, 7) is 3.77. The molecule has 94 valence electrons. The van der Waals surface area contributed by atoms with Crippen molar-refractivity contribution in [1.82, 2.24) is 4.90 Å². The average Bonchev–Trinajstić information content (AvgIpc) is 2.84. The van der Waals surface area contributed by atoms with E-state index in [2.05, 4.69) is 11.9 Å². The predicted molar refractivity (Wildman–Crippen MR) is 66.4 cm³/mol. The molecule has 0 radical (unpaired) electrons. The second-order valence-corrected chi connectivity index (χ2v) is 5.67. The topological polar surface area (TPSA) is 38.5 Å². The van der Waals surface area contributed by atoms with E-state index in [1.807, 2.05) is 0 Å². The van der Waals surface area contributed by atoms with Crippen molar-refractivity contribution in [2.45, 2.75) is 44.6 Å². The van der Waals surface area contributed by atoms with Crippen LogP contribution in [0.1, 0.15) is 38.5 Å². The average molecular weight is 226 g/mol. The van der Waals surface area contributed by atoms with Crippen LogP contribution >= 0.6 is 0 Å². The van der Waals surface area contributed by atoms with E-state index in [0.29, 0.717) is 5.41 Å². The van der Waals surface area contributed by atoms with E-state index in [1.165, 1.54) is 25.7 Å². The normalized spacial score (nSPS) is 26.4. The van der Waals surface area contributed by atoms with Crippen LogP contribution in [-0.4, -0.2) is 44.3 Å². The Labute approximate surface area is 99.3 Å². The van der Waals surface area contributed by atoms with Gasteiger partial charge >= 0.3 is 0 Å². The van der Waals surface area contributed by atoms with Crippen molar-refractivity contribution < 1.29 is 4.74 Å². The molecule has 0 atom stereocenters. The van der Waals surface area contributed by atoms with Crippen molar-refractivity contribution in [3.05, 3.63) is 0 Å². The van der Waals surface area contributed by atoms with Crippen molar-refractivity contribution in [1.29, 1.82) is 0 Å². The Morgan fingerprint density at radius 2 is 1.88 bits per heavy atom. The molecule has 2 N–H and O–H groups in total. The van der Waals surface area contributed by atoms with Gasteiger partial charge in [-0.1, -0.05) is 12.8 Å². The quantitative estimate of drug-likeness (QED) is 0.791. The van der Waals surface area contributed by atoms with Crippen molar-refractivity contribution >= 4 is 0 Å². The maximum absolute atomic E-state index is 6.00. The highest BCUT2D eigenvalue weighted by Crippen LogP contribution is 2.32. The lowest BCUT2D eigenvalue weighted by molar-refractivity contribution is -0.00205. The van der Waals surface area contributed by atoms with E-state index in [-0.39, 0.29) is 0 Å². The number of hydrogen-bond donors (Lipinski definition) is 1. The lowest BCUT2D eigenvalue weighted by atomic mass is 9.79. The predicted octanol–water partition coefficient (Wildman–Crippen LogP) is 1.62. The van der Waals surface area contributed by atoms with Crippen LogP contribution in [0.25, 0.3) is 0 Å². The van der Waals surface area contributed by atoms with Gasteiger partial charge in [0.25, 0.3) is 0 Å². The molecule has 2 aliphatic rings. The van der Waals surface area contributed by atoms with Crippen molar-refractivity contribution in [3.63, 3.8) is 0 Å². The molecule has 0 unspecified atom stereocenters. The van der Waals surface area contributed by atoms with Crippen LogP contribution in [0.15, 0.2) is 0 Å². The number of nitrogens with zero attached hydrogens (tertiary/aromatic N) is 1. The molecule has 16 heavy (non-hydrogen) atoms. The molecule has 1 aliphatic heterocycles. The SMILES string of the molecule is CN(CC1(CN)CCOCC1)C1CCCC1. The fourth-order valence-electron chi connectivity index (χ4n) is 3.23. The summed E-state index contributed by atoms with van der Waals surface area (Å²) in [5, 5.41) is 0. The lowest BCUT2D eigenvalue weighted by Gasteiger charge is -2.40. The first kappa shape index (κ1) is 12.3. The van der Waals surface area contributed by atoms with Crippen molar-refractivity contribution in [2.24, 2.45) is 11.1 Å². The van der Waals surface area contributed by atoms with Crippen LogP contribution in [0.5, 0.6) is 0 Å². The molecular weight excluding hydrogens is 200 g/mol. The summed E-state index contributed by atoms with van der Waals surface area (Å²) in [6, 6.07) is 0.811. The third-order valence-electron chi connectivity index (χ3n) is 4.52. The molecular formula is C13H26N2O. The summed E-state index contributed by atoms with van der Waals surface area (Å²) in [6.07, 6.45) is 7.86. The molecule has 0 aromatic heterocycles. The van der Waals surface area contributed by atoms with Gasteiger partial charge in [-0.05, 0) is 44.7 Å². The monoisotopic (exact) mass is 226 g/mol. The minimum Gasteiger partial charge on any atom is -0.381 e. The Morgan fingerprint density at radius 3 is 2.44 bits per heavy atom. The van der Waals surface area contributed by atoms with E-state index in [9.17, 15) is 0 Å². The minimum absolute atomic E-state index is 0.329. The van der Waals surface area contributed by atoms with Gasteiger partial charge in [-0.3, -0.25) is 0 Å². The minimum atomic E-state index is 0.329. The summed E-state index contributed by atoms with van der Waals surface area (Å²) in [5.74, 6) is 0. The Bertz CT molecular complexity index is 208. The number of nitrogens with two attached hydrogens (primary N) is 1. The Kier molecular flexibility index (Phi) is 4.22. The molecule has 0 amide bonds. The van der Waals surface area contributed by atoms with Crippen molar-refractivity contribution in [3.8, 4) is 0 Å². The first-order chi connectivity index (χ1) is 7.76. The van der Waals surface area contributed by atoms with Crippen LogP contribution in [0.4, 0.5) is 0 Å². The van der Waals surface area contributed by atoms with Gasteiger partial charge < -0.3 is 15.4 Å². The first-order valence-electron chi connectivity index (χ1n) is 6.74. The second kappa shape index (κ2) is 5.48. The van der Waals surface area contributed by atoms with Gasteiger partial charge in [0.05, 0.1) is 0 Å². The first-order valence-corrected chi connectivity index (χ1v) is 6.74. The Balaban J connectivity index is 1.89. The molecule has 3 heteroatoms. The largest absolute Gasteiger partial charge is 0.381 e. The summed E-state index contributed by atoms with van der Waals surface area (Å²) in [5.41, 5.74) is 6.33. The Morgan fingerprint density at radius 1 is 1.25 bits per heavy atom. The molecule has 0 aromatic carbocycles. The third-order valence-corrected chi connectivity index (χ3v) is 4.52. The standard InChI is InChI=1S/C13H26N2O/c1-15(12-4-2-3-5-12)11-13(10-14)6-8-16-9-7-13/h12H,2-11,14H2,1H3. The Hall–Kier alpha value is -0.120. The summed E-state index contributed by atoms with van der Waals surface area (Å²) >= 11 is 0. The smallest absolute Gasteiger partial charge is 0.0472 e. The van der Waals surface area contributed by atoms with Gasteiger partial charge in [0, 0.05) is 25.8 Å². The molecule has 0 bridgehead atoms. The summed E-state index contributed by atoms with van der Waals surface area (Å²) in [4.78, 5) is 2.56. The molecule has 1 aliphatic carbocycles. The number of ether oxygens (including phenoxy) is 1. The third kappa shape index (κ3) is 2.76. The number of hydrogen-bond acceptors (Lipinski definition) is 3. The van der Waals surface area contributed by atoms with Crippen molar-refractivity contribution in [2.75, 3.05) is 33.4 Å². The highest BCUT2D eigenvalue weighted by atomic mass is 16.5. The summed E-state index contributed by atoms with van der Waals surface area (Å²) < 4.78 is 5.46. The molecule has 1 heterocycles. The van der Waals surface area contributed by atoms with Gasteiger partial charge in [0.1, 0.15) is 0 Å². The van der Waals surface area contributed by atoms with Gasteiger partial charge in [-0.25, -0.2) is 0 Å². The van der Waals surface area contributed by atoms with Crippen LogP contribution in [0.2, 0.25) is 0 Å². The van der Waals surface area contributed by atoms with Crippen LogP contribution < -0.4 is 5.73 Å². The molecule has 0 aromatic rings. The zero-order chi connectivity index (χ0) is 11.4. The van der Waals surface area contributed by atoms with E-state index < -0.39 is 0 Å². The molecule has 0 spiro atoms. The lowest BCUT2D eigenvalue weighted by Crippen LogP contribution is -2.47.